The number of nitrogens with zero attached hydrogens (tertiary/aromatic N) is 2. The van der Waals surface area contributed by atoms with Gasteiger partial charge in [-0.25, -0.2) is 0 Å². The van der Waals surface area contributed by atoms with Gasteiger partial charge in [0.1, 0.15) is 0 Å². The molecule has 0 bridgehead atoms. The number of ether oxygens (including phenoxy) is 1. The van der Waals surface area contributed by atoms with Crippen LogP contribution < -0.4 is 4.90 Å². The molecule has 3 fully saturated rings. The van der Waals surface area contributed by atoms with Gasteiger partial charge in [-0.3, -0.25) is 4.79 Å². The fraction of sp³-hybridized carbons (Fsp3) is 0.650. The quantitative estimate of drug-likeness (QED) is 0.851. The first-order valence-corrected chi connectivity index (χ1v) is 9.36. The van der Waals surface area contributed by atoms with Crippen molar-refractivity contribution in [2.75, 3.05) is 31.1 Å². The smallest absolute Gasteiger partial charge is 0.224 e. The molecule has 1 aromatic carbocycles. The lowest BCUT2D eigenvalue weighted by atomic mass is 9.87. The van der Waals surface area contributed by atoms with E-state index in [1.165, 1.54) is 19.4 Å². The monoisotopic (exact) mass is 328 g/mol. The van der Waals surface area contributed by atoms with Gasteiger partial charge in [0.2, 0.25) is 5.91 Å². The van der Waals surface area contributed by atoms with Crippen LogP contribution in [0.1, 0.15) is 39.0 Å². The molecule has 0 N–H and O–H groups in total. The van der Waals surface area contributed by atoms with Crippen molar-refractivity contribution >= 4 is 11.6 Å². The number of likely N-dealkylation sites (tertiary alicyclic amines) is 1. The number of carbonyl (C=O) groups excluding carboxylic acids is 1. The zero-order valence-corrected chi connectivity index (χ0v) is 14.6. The Balaban J connectivity index is 1.40. The number of piperidine rings is 1. The predicted molar refractivity (Wildman–Crippen MR) is 95.1 cm³/mol. The van der Waals surface area contributed by atoms with Crippen LogP contribution in [-0.4, -0.2) is 48.7 Å². The lowest BCUT2D eigenvalue weighted by Gasteiger charge is -2.39. The number of amides is 1. The van der Waals surface area contributed by atoms with E-state index in [0.29, 0.717) is 6.61 Å². The standard InChI is InChI=1S/C20H28N2O2/c1-16(23)22(18-5-3-2-4-6-18)19-13-20(24-15-19)9-11-21(12-10-20)14-17-7-8-17/h2-6,17,19H,7-15H2,1H3/t19-/m0/s1. The number of anilines is 1. The van der Waals surface area contributed by atoms with E-state index in [4.69, 9.17) is 4.74 Å². The van der Waals surface area contributed by atoms with Crippen molar-refractivity contribution in [3.05, 3.63) is 30.3 Å². The van der Waals surface area contributed by atoms with Gasteiger partial charge in [-0.2, -0.15) is 0 Å². The highest BCUT2D eigenvalue weighted by atomic mass is 16.5. The third-order valence-corrected chi connectivity index (χ3v) is 5.91. The van der Waals surface area contributed by atoms with E-state index in [-0.39, 0.29) is 17.6 Å². The van der Waals surface area contributed by atoms with E-state index in [9.17, 15) is 4.79 Å². The molecular weight excluding hydrogens is 300 g/mol. The molecule has 4 nitrogen and oxygen atoms in total. The Hall–Kier alpha value is -1.39. The number of hydrogen-bond acceptors (Lipinski definition) is 3. The molecular formula is C20H28N2O2. The van der Waals surface area contributed by atoms with Crippen LogP contribution in [0.5, 0.6) is 0 Å². The molecule has 0 radical (unpaired) electrons. The minimum absolute atomic E-state index is 0.00675. The predicted octanol–water partition coefficient (Wildman–Crippen LogP) is 3.07. The van der Waals surface area contributed by atoms with Gasteiger partial charge in [0.05, 0.1) is 18.2 Å². The average molecular weight is 328 g/mol. The van der Waals surface area contributed by atoms with Gasteiger partial charge < -0.3 is 14.5 Å². The van der Waals surface area contributed by atoms with Gasteiger partial charge in [0.25, 0.3) is 0 Å². The van der Waals surface area contributed by atoms with E-state index >= 15 is 0 Å². The molecule has 1 saturated carbocycles. The van der Waals surface area contributed by atoms with Crippen molar-refractivity contribution in [1.82, 2.24) is 4.90 Å². The Morgan fingerprint density at radius 1 is 1.25 bits per heavy atom. The molecule has 4 rings (SSSR count). The van der Waals surface area contributed by atoms with Gasteiger partial charge >= 0.3 is 0 Å². The van der Waals surface area contributed by atoms with E-state index < -0.39 is 0 Å². The molecule has 1 aliphatic carbocycles. The second-order valence-corrected chi connectivity index (χ2v) is 7.82. The Kier molecular flexibility index (Phi) is 4.35. The van der Waals surface area contributed by atoms with Gasteiger partial charge in [0.15, 0.2) is 0 Å². The molecule has 1 atom stereocenters. The molecule has 0 unspecified atom stereocenters. The summed E-state index contributed by atoms with van der Waals surface area (Å²) < 4.78 is 6.30. The SMILES string of the molecule is CC(=O)N(c1ccccc1)[C@@H]1COC2(CCN(CC3CC3)CC2)C1. The van der Waals surface area contributed by atoms with Gasteiger partial charge in [-0.05, 0) is 50.2 Å². The maximum Gasteiger partial charge on any atom is 0.224 e. The van der Waals surface area contributed by atoms with Crippen molar-refractivity contribution in [1.29, 1.82) is 0 Å². The molecule has 130 valence electrons. The summed E-state index contributed by atoms with van der Waals surface area (Å²) in [7, 11) is 0. The molecule has 24 heavy (non-hydrogen) atoms. The molecule has 1 amide bonds. The molecule has 4 heteroatoms. The first-order valence-electron chi connectivity index (χ1n) is 9.36. The van der Waals surface area contributed by atoms with Gasteiger partial charge in [0, 0.05) is 32.2 Å². The van der Waals surface area contributed by atoms with Crippen molar-refractivity contribution in [3.63, 3.8) is 0 Å². The van der Waals surface area contributed by atoms with Crippen LogP contribution in [0.4, 0.5) is 5.69 Å². The minimum Gasteiger partial charge on any atom is -0.373 e. The van der Waals surface area contributed by atoms with Gasteiger partial charge in [-0.1, -0.05) is 18.2 Å². The number of hydrogen-bond donors (Lipinski definition) is 0. The maximum absolute atomic E-state index is 12.2. The van der Waals surface area contributed by atoms with E-state index in [1.807, 2.05) is 35.2 Å². The third-order valence-electron chi connectivity index (χ3n) is 5.91. The topological polar surface area (TPSA) is 32.8 Å². The second-order valence-electron chi connectivity index (χ2n) is 7.82. The highest BCUT2D eigenvalue weighted by Gasteiger charge is 2.45. The first-order chi connectivity index (χ1) is 11.7. The summed E-state index contributed by atoms with van der Waals surface area (Å²) in [6.07, 6.45) is 6.03. The average Bonchev–Trinajstić information content (AvgIpc) is 3.32. The van der Waals surface area contributed by atoms with Crippen LogP contribution in [0.25, 0.3) is 0 Å². The summed E-state index contributed by atoms with van der Waals surface area (Å²) in [6, 6.07) is 10.2. The Bertz CT molecular complexity index is 577. The van der Waals surface area contributed by atoms with E-state index in [1.54, 1.807) is 6.92 Å². The molecule has 2 saturated heterocycles. The molecule has 1 spiro atoms. The maximum atomic E-state index is 12.2. The Morgan fingerprint density at radius 2 is 1.96 bits per heavy atom. The van der Waals surface area contributed by atoms with E-state index in [0.717, 1.165) is 44.0 Å². The summed E-state index contributed by atoms with van der Waals surface area (Å²) in [6.45, 7) is 5.90. The van der Waals surface area contributed by atoms with Crippen LogP contribution in [0.2, 0.25) is 0 Å². The summed E-state index contributed by atoms with van der Waals surface area (Å²) in [5.74, 6) is 1.07. The first kappa shape index (κ1) is 16.1. The van der Waals surface area contributed by atoms with E-state index in [2.05, 4.69) is 4.90 Å². The van der Waals surface area contributed by atoms with Crippen LogP contribution in [0, 0.1) is 5.92 Å². The summed E-state index contributed by atoms with van der Waals surface area (Å²) in [5.41, 5.74) is 0.981. The van der Waals surface area contributed by atoms with Crippen molar-refractivity contribution in [3.8, 4) is 0 Å². The largest absolute Gasteiger partial charge is 0.373 e. The van der Waals surface area contributed by atoms with Crippen molar-refractivity contribution in [2.24, 2.45) is 5.92 Å². The lowest BCUT2D eigenvalue weighted by Crippen LogP contribution is -2.46. The lowest BCUT2D eigenvalue weighted by molar-refractivity contribution is -0.117. The minimum atomic E-state index is -0.00675. The molecule has 0 aromatic heterocycles. The second kappa shape index (κ2) is 6.49. The fourth-order valence-corrected chi connectivity index (χ4v) is 4.38. The number of para-hydroxylation sites is 1. The van der Waals surface area contributed by atoms with Crippen LogP contribution >= 0.6 is 0 Å². The molecule has 1 aromatic rings. The Labute approximate surface area is 144 Å². The molecule has 3 aliphatic rings. The van der Waals surface area contributed by atoms with Crippen LogP contribution in [-0.2, 0) is 9.53 Å². The number of rotatable bonds is 4. The van der Waals surface area contributed by atoms with Gasteiger partial charge in [-0.15, -0.1) is 0 Å². The van der Waals surface area contributed by atoms with Crippen LogP contribution in [0.15, 0.2) is 30.3 Å². The third kappa shape index (κ3) is 3.35. The summed E-state index contributed by atoms with van der Waals surface area (Å²) in [4.78, 5) is 16.8. The highest BCUT2D eigenvalue weighted by molar-refractivity contribution is 5.92. The molecule has 2 aliphatic heterocycles. The fourth-order valence-electron chi connectivity index (χ4n) is 4.38. The Morgan fingerprint density at radius 3 is 2.58 bits per heavy atom. The normalized spacial score (nSPS) is 26.6. The van der Waals surface area contributed by atoms with Crippen LogP contribution in [0.3, 0.4) is 0 Å². The summed E-state index contributed by atoms with van der Waals surface area (Å²) >= 11 is 0. The summed E-state index contributed by atoms with van der Waals surface area (Å²) in [5, 5.41) is 0. The van der Waals surface area contributed by atoms with Crippen molar-refractivity contribution < 1.29 is 9.53 Å². The number of benzene rings is 1. The zero-order chi connectivity index (χ0) is 16.6. The highest BCUT2D eigenvalue weighted by Crippen LogP contribution is 2.40. The van der Waals surface area contributed by atoms with Crippen molar-refractivity contribution in [2.45, 2.75) is 50.7 Å². The zero-order valence-electron chi connectivity index (χ0n) is 14.6. The number of carbonyl (C=O) groups is 1. The molecule has 2 heterocycles.